The van der Waals surface area contributed by atoms with Crippen molar-refractivity contribution in [3.63, 3.8) is 0 Å². The largest absolute Gasteiger partial charge is 0.351 e. The number of nitro benzene ring substituents is 1. The van der Waals surface area contributed by atoms with Crippen molar-refractivity contribution in [2.75, 3.05) is 0 Å². The van der Waals surface area contributed by atoms with E-state index >= 15 is 0 Å². The van der Waals surface area contributed by atoms with Crippen molar-refractivity contribution < 1.29 is 9.72 Å². The van der Waals surface area contributed by atoms with Gasteiger partial charge in [-0.25, -0.2) is 4.72 Å². The second kappa shape index (κ2) is 8.64. The van der Waals surface area contributed by atoms with Gasteiger partial charge in [-0.3, -0.25) is 14.9 Å². The highest BCUT2D eigenvalue weighted by Crippen LogP contribution is 2.45. The van der Waals surface area contributed by atoms with Crippen molar-refractivity contribution in [1.29, 1.82) is 0 Å². The van der Waals surface area contributed by atoms with Crippen molar-refractivity contribution in [3.05, 3.63) is 33.9 Å². The van der Waals surface area contributed by atoms with Crippen LogP contribution in [0.15, 0.2) is 23.1 Å². The van der Waals surface area contributed by atoms with Crippen LogP contribution in [0.1, 0.15) is 58.9 Å². The van der Waals surface area contributed by atoms with Crippen LogP contribution in [0, 0.1) is 40.7 Å². The van der Waals surface area contributed by atoms with Gasteiger partial charge in [0.1, 0.15) is 5.54 Å². The van der Waals surface area contributed by atoms with E-state index in [2.05, 4.69) is 23.9 Å². The maximum atomic E-state index is 13.1. The Bertz CT molecular complexity index is 779. The van der Waals surface area contributed by atoms with E-state index in [1.54, 1.807) is 12.1 Å². The van der Waals surface area contributed by atoms with Crippen molar-refractivity contribution in [3.8, 4) is 0 Å². The number of non-ortho nitro benzene ring substituents is 1. The molecular formula is C22H33N3O3S. The fourth-order valence-electron chi connectivity index (χ4n) is 5.06. The smallest absolute Gasteiger partial charge is 0.270 e. The molecule has 1 aromatic carbocycles. The molecule has 0 radical (unpaired) electrons. The molecule has 29 heavy (non-hydrogen) atoms. The topological polar surface area (TPSA) is 84.3 Å². The zero-order valence-electron chi connectivity index (χ0n) is 18.0. The van der Waals surface area contributed by atoms with Gasteiger partial charge in [-0.2, -0.15) is 0 Å². The van der Waals surface area contributed by atoms with E-state index in [9.17, 15) is 14.9 Å². The van der Waals surface area contributed by atoms with Gasteiger partial charge in [0.05, 0.1) is 4.92 Å². The molecule has 3 rings (SSSR count). The van der Waals surface area contributed by atoms with Crippen molar-refractivity contribution in [1.82, 2.24) is 10.0 Å². The number of nitrogens with one attached hydrogen (secondary N) is 2. The monoisotopic (exact) mass is 419 g/mol. The summed E-state index contributed by atoms with van der Waals surface area (Å²) in [6.45, 7) is 10.2. The van der Waals surface area contributed by atoms with Gasteiger partial charge < -0.3 is 5.32 Å². The Labute approximate surface area is 177 Å². The first kappa shape index (κ1) is 22.1. The summed E-state index contributed by atoms with van der Waals surface area (Å²) >= 11 is 1.28. The lowest BCUT2D eigenvalue weighted by Gasteiger charge is -2.47. The van der Waals surface area contributed by atoms with Gasteiger partial charge in [0, 0.05) is 23.1 Å². The third kappa shape index (κ3) is 5.12. The van der Waals surface area contributed by atoms with Crippen LogP contribution in [-0.2, 0) is 4.79 Å². The van der Waals surface area contributed by atoms with E-state index in [0.717, 1.165) is 22.3 Å². The highest BCUT2D eigenvalue weighted by Gasteiger charge is 2.42. The number of fused-ring (bicyclic) bond motifs is 2. The fraction of sp³-hybridized carbons (Fsp3) is 0.682. The van der Waals surface area contributed by atoms with Crippen LogP contribution in [0.3, 0.4) is 0 Å². The molecule has 5 atom stereocenters. The molecule has 1 amide bonds. The molecule has 5 unspecified atom stereocenters. The lowest BCUT2D eigenvalue weighted by atomic mass is 9.63. The molecule has 0 aromatic heterocycles. The summed E-state index contributed by atoms with van der Waals surface area (Å²) in [7, 11) is 0. The summed E-state index contributed by atoms with van der Waals surface area (Å²) in [5, 5.41) is 14.4. The zero-order chi connectivity index (χ0) is 21.3. The minimum Gasteiger partial charge on any atom is -0.351 e. The SMILES string of the molecule is Cc1ccc([N+](=O)[O-])cc1SNC(C)(C)C(=O)NC1C(C)CC2CC(C)CC1C2. The summed E-state index contributed by atoms with van der Waals surface area (Å²) in [6, 6.07) is 5.01. The normalized spacial score (nSPS) is 29.3. The molecule has 1 aromatic rings. The van der Waals surface area contributed by atoms with E-state index in [4.69, 9.17) is 0 Å². The lowest BCUT2D eigenvalue weighted by molar-refractivity contribution is -0.385. The molecule has 0 aliphatic heterocycles. The highest BCUT2D eigenvalue weighted by atomic mass is 32.2. The first-order valence-electron chi connectivity index (χ1n) is 10.6. The molecule has 0 heterocycles. The zero-order valence-corrected chi connectivity index (χ0v) is 18.8. The highest BCUT2D eigenvalue weighted by molar-refractivity contribution is 7.97. The van der Waals surface area contributed by atoms with Gasteiger partial charge in [0.25, 0.3) is 5.69 Å². The molecule has 2 aliphatic rings. The standard InChI is InChI=1S/C22H33N3O3S/c1-13-8-16-10-15(3)20(17(9-13)11-16)23-21(26)22(4,5)24-29-19-12-18(25(27)28)7-6-14(19)2/h6-7,12-13,15-17,20,24H,8-11H2,1-5H3,(H,23,26). The molecule has 2 bridgehead atoms. The first-order chi connectivity index (χ1) is 13.6. The molecule has 2 N–H and O–H groups in total. The molecule has 160 valence electrons. The summed E-state index contributed by atoms with van der Waals surface area (Å²) in [4.78, 5) is 24.5. The number of benzene rings is 1. The summed E-state index contributed by atoms with van der Waals surface area (Å²) in [5.74, 6) is 2.60. The van der Waals surface area contributed by atoms with Crippen molar-refractivity contribution in [2.24, 2.45) is 23.7 Å². The van der Waals surface area contributed by atoms with Gasteiger partial charge in [-0.15, -0.1) is 0 Å². The van der Waals surface area contributed by atoms with E-state index in [1.807, 2.05) is 20.8 Å². The Morgan fingerprint density at radius 3 is 2.62 bits per heavy atom. The maximum Gasteiger partial charge on any atom is 0.270 e. The number of rotatable bonds is 6. The molecule has 2 fully saturated rings. The van der Waals surface area contributed by atoms with E-state index in [1.165, 1.54) is 43.7 Å². The van der Waals surface area contributed by atoms with Crippen LogP contribution < -0.4 is 10.0 Å². The fourth-order valence-corrected chi connectivity index (χ4v) is 5.92. The number of amides is 1. The molecule has 2 saturated carbocycles. The van der Waals surface area contributed by atoms with Crippen LogP contribution in [0.5, 0.6) is 0 Å². The number of carbonyl (C=O) groups excluding carboxylic acids is 1. The molecular weight excluding hydrogens is 386 g/mol. The average molecular weight is 420 g/mol. The lowest BCUT2D eigenvalue weighted by Crippen LogP contribution is -2.58. The number of nitrogens with zero attached hydrogens (tertiary/aromatic N) is 1. The van der Waals surface area contributed by atoms with Gasteiger partial charge in [0.15, 0.2) is 0 Å². The maximum absolute atomic E-state index is 13.1. The van der Waals surface area contributed by atoms with Crippen LogP contribution in [-0.4, -0.2) is 22.4 Å². The number of hydrogen-bond acceptors (Lipinski definition) is 5. The Hall–Kier alpha value is -1.60. The summed E-state index contributed by atoms with van der Waals surface area (Å²) in [5.41, 5.74) is 0.199. The molecule has 6 nitrogen and oxygen atoms in total. The first-order valence-corrected chi connectivity index (χ1v) is 11.4. The second-order valence-corrected chi connectivity index (χ2v) is 10.5. The van der Waals surface area contributed by atoms with E-state index in [0.29, 0.717) is 11.8 Å². The predicted octanol–water partition coefficient (Wildman–Crippen LogP) is 4.86. The van der Waals surface area contributed by atoms with E-state index < -0.39 is 10.5 Å². The second-order valence-electron chi connectivity index (χ2n) is 9.69. The van der Waals surface area contributed by atoms with Crippen LogP contribution in [0.4, 0.5) is 5.69 Å². The summed E-state index contributed by atoms with van der Waals surface area (Å²) < 4.78 is 3.23. The van der Waals surface area contributed by atoms with Crippen molar-refractivity contribution >= 4 is 23.5 Å². The predicted molar refractivity (Wildman–Crippen MR) is 117 cm³/mol. The van der Waals surface area contributed by atoms with Crippen LogP contribution in [0.2, 0.25) is 0 Å². The van der Waals surface area contributed by atoms with Gasteiger partial charge in [-0.1, -0.05) is 19.9 Å². The molecule has 7 heteroatoms. The average Bonchev–Trinajstić information content (AvgIpc) is 2.63. The number of carbonyl (C=O) groups is 1. The summed E-state index contributed by atoms with van der Waals surface area (Å²) in [6.07, 6.45) is 4.95. The Morgan fingerprint density at radius 1 is 1.21 bits per heavy atom. The molecule has 0 spiro atoms. The minimum atomic E-state index is -0.793. The molecule has 0 saturated heterocycles. The number of hydrogen-bond donors (Lipinski definition) is 2. The third-order valence-corrected chi connectivity index (χ3v) is 7.84. The van der Waals surface area contributed by atoms with Gasteiger partial charge >= 0.3 is 0 Å². The Kier molecular flexibility index (Phi) is 6.58. The van der Waals surface area contributed by atoms with Crippen LogP contribution in [0.25, 0.3) is 0 Å². The quantitative estimate of drug-likeness (QED) is 0.391. The number of nitro groups is 1. The minimum absolute atomic E-state index is 0.0124. The Balaban J connectivity index is 1.64. The Morgan fingerprint density at radius 2 is 1.93 bits per heavy atom. The van der Waals surface area contributed by atoms with Crippen LogP contribution >= 0.6 is 11.9 Å². The van der Waals surface area contributed by atoms with Crippen molar-refractivity contribution in [2.45, 2.75) is 76.8 Å². The van der Waals surface area contributed by atoms with Gasteiger partial charge in [0.2, 0.25) is 5.91 Å². The van der Waals surface area contributed by atoms with E-state index in [-0.39, 0.29) is 17.6 Å². The third-order valence-electron chi connectivity index (χ3n) is 6.57. The number of aryl methyl sites for hydroxylation is 1. The van der Waals surface area contributed by atoms with Gasteiger partial charge in [-0.05, 0) is 87.6 Å². The molecule has 2 aliphatic carbocycles.